The van der Waals surface area contributed by atoms with Gasteiger partial charge in [-0.2, -0.15) is 0 Å². The standard InChI is InChI=1S/C10H13N3/c1-2-9-8(12-5-1)3-4-10(13-9)6-11-7-10/h1-2,5,11,13H,3-4,6-7H2. The van der Waals surface area contributed by atoms with E-state index in [0.29, 0.717) is 5.54 Å². The zero-order chi connectivity index (χ0) is 8.73. The molecule has 2 N–H and O–H groups in total. The largest absolute Gasteiger partial charge is 0.376 e. The zero-order valence-corrected chi connectivity index (χ0v) is 7.51. The summed E-state index contributed by atoms with van der Waals surface area (Å²) >= 11 is 0. The van der Waals surface area contributed by atoms with Gasteiger partial charge in [-0.15, -0.1) is 0 Å². The fraction of sp³-hybridized carbons (Fsp3) is 0.500. The predicted molar refractivity (Wildman–Crippen MR) is 51.8 cm³/mol. The summed E-state index contributed by atoms with van der Waals surface area (Å²) in [6.07, 6.45) is 4.20. The summed E-state index contributed by atoms with van der Waals surface area (Å²) in [6.45, 7) is 2.20. The first kappa shape index (κ1) is 7.33. The Kier molecular flexibility index (Phi) is 1.38. The second-order valence-electron chi connectivity index (χ2n) is 4.01. The van der Waals surface area contributed by atoms with Crippen LogP contribution in [0.2, 0.25) is 0 Å². The highest BCUT2D eigenvalue weighted by Gasteiger charge is 2.39. The number of pyridine rings is 1. The molecular formula is C10H13N3. The van der Waals surface area contributed by atoms with Crippen LogP contribution in [0.5, 0.6) is 0 Å². The number of nitrogens with zero attached hydrogens (tertiary/aromatic N) is 1. The normalized spacial score (nSPS) is 23.1. The number of aromatic nitrogens is 1. The molecule has 0 unspecified atom stereocenters. The van der Waals surface area contributed by atoms with Gasteiger partial charge in [-0.25, -0.2) is 0 Å². The van der Waals surface area contributed by atoms with Gasteiger partial charge >= 0.3 is 0 Å². The van der Waals surface area contributed by atoms with E-state index >= 15 is 0 Å². The molecule has 0 amide bonds. The Morgan fingerprint density at radius 1 is 1.38 bits per heavy atom. The Morgan fingerprint density at radius 2 is 2.31 bits per heavy atom. The molecule has 3 heteroatoms. The van der Waals surface area contributed by atoms with Crippen molar-refractivity contribution in [2.24, 2.45) is 0 Å². The van der Waals surface area contributed by atoms with Gasteiger partial charge in [0.15, 0.2) is 0 Å². The highest BCUT2D eigenvalue weighted by atomic mass is 15.2. The molecule has 3 rings (SSSR count). The van der Waals surface area contributed by atoms with Crippen molar-refractivity contribution in [2.45, 2.75) is 18.4 Å². The summed E-state index contributed by atoms with van der Waals surface area (Å²) in [4.78, 5) is 4.36. The minimum atomic E-state index is 0.343. The van der Waals surface area contributed by atoms with E-state index in [2.05, 4.69) is 21.7 Å². The van der Waals surface area contributed by atoms with Crippen LogP contribution in [0.1, 0.15) is 12.1 Å². The van der Waals surface area contributed by atoms with Gasteiger partial charge in [0, 0.05) is 19.3 Å². The Labute approximate surface area is 77.6 Å². The molecule has 1 aromatic rings. The van der Waals surface area contributed by atoms with Crippen LogP contribution in [-0.4, -0.2) is 23.6 Å². The van der Waals surface area contributed by atoms with Gasteiger partial charge in [-0.3, -0.25) is 4.98 Å². The van der Waals surface area contributed by atoms with E-state index in [1.807, 2.05) is 12.3 Å². The lowest BCUT2D eigenvalue weighted by Crippen LogP contribution is -2.65. The third kappa shape index (κ3) is 1.04. The molecule has 2 aliphatic heterocycles. The average molecular weight is 175 g/mol. The van der Waals surface area contributed by atoms with Gasteiger partial charge in [0.05, 0.1) is 16.9 Å². The first-order valence-electron chi connectivity index (χ1n) is 4.81. The molecule has 0 aromatic carbocycles. The lowest BCUT2D eigenvalue weighted by atomic mass is 9.83. The second-order valence-corrected chi connectivity index (χ2v) is 4.01. The molecule has 2 aliphatic rings. The topological polar surface area (TPSA) is 37.0 Å². The van der Waals surface area contributed by atoms with Crippen molar-refractivity contribution in [1.82, 2.24) is 10.3 Å². The molecular weight excluding hydrogens is 162 g/mol. The summed E-state index contributed by atoms with van der Waals surface area (Å²) in [5.74, 6) is 0. The van der Waals surface area contributed by atoms with E-state index in [0.717, 1.165) is 19.5 Å². The van der Waals surface area contributed by atoms with Crippen LogP contribution in [0.4, 0.5) is 5.69 Å². The Morgan fingerprint density at radius 3 is 3.08 bits per heavy atom. The van der Waals surface area contributed by atoms with Gasteiger partial charge in [0.1, 0.15) is 0 Å². The van der Waals surface area contributed by atoms with Crippen molar-refractivity contribution in [1.29, 1.82) is 0 Å². The quantitative estimate of drug-likeness (QED) is 0.612. The molecule has 13 heavy (non-hydrogen) atoms. The van der Waals surface area contributed by atoms with Crippen molar-refractivity contribution < 1.29 is 0 Å². The van der Waals surface area contributed by atoms with E-state index in [4.69, 9.17) is 0 Å². The zero-order valence-electron chi connectivity index (χ0n) is 7.51. The van der Waals surface area contributed by atoms with Gasteiger partial charge < -0.3 is 10.6 Å². The van der Waals surface area contributed by atoms with E-state index in [9.17, 15) is 0 Å². The number of nitrogens with one attached hydrogen (secondary N) is 2. The summed E-state index contributed by atoms with van der Waals surface area (Å²) in [5, 5.41) is 6.90. The fourth-order valence-corrected chi connectivity index (χ4v) is 2.15. The third-order valence-electron chi connectivity index (χ3n) is 3.06. The number of fused-ring (bicyclic) bond motifs is 1. The molecule has 1 aromatic heterocycles. The van der Waals surface area contributed by atoms with E-state index in [1.165, 1.54) is 17.8 Å². The van der Waals surface area contributed by atoms with Crippen molar-refractivity contribution in [2.75, 3.05) is 18.4 Å². The van der Waals surface area contributed by atoms with Gasteiger partial charge in [0.25, 0.3) is 0 Å². The van der Waals surface area contributed by atoms with Crippen LogP contribution in [-0.2, 0) is 6.42 Å². The van der Waals surface area contributed by atoms with Crippen LogP contribution in [0, 0.1) is 0 Å². The van der Waals surface area contributed by atoms with Crippen molar-refractivity contribution in [3.63, 3.8) is 0 Å². The maximum absolute atomic E-state index is 4.36. The summed E-state index contributed by atoms with van der Waals surface area (Å²) in [5.41, 5.74) is 2.80. The molecule has 0 aliphatic carbocycles. The lowest BCUT2D eigenvalue weighted by molar-refractivity contribution is 0.283. The molecule has 1 saturated heterocycles. The number of rotatable bonds is 0. The fourth-order valence-electron chi connectivity index (χ4n) is 2.15. The highest BCUT2D eigenvalue weighted by Crippen LogP contribution is 2.31. The minimum Gasteiger partial charge on any atom is -0.376 e. The first-order valence-corrected chi connectivity index (χ1v) is 4.81. The molecule has 68 valence electrons. The Hall–Kier alpha value is -1.09. The van der Waals surface area contributed by atoms with Crippen LogP contribution in [0.25, 0.3) is 0 Å². The molecule has 1 fully saturated rings. The van der Waals surface area contributed by atoms with Gasteiger partial charge in [-0.05, 0) is 25.0 Å². The number of hydrogen-bond acceptors (Lipinski definition) is 3. The van der Waals surface area contributed by atoms with Gasteiger partial charge in [-0.1, -0.05) is 0 Å². The van der Waals surface area contributed by atoms with Crippen molar-refractivity contribution in [3.8, 4) is 0 Å². The number of hydrogen-bond donors (Lipinski definition) is 2. The summed E-state index contributed by atoms with van der Waals surface area (Å²) in [6, 6.07) is 4.12. The first-order chi connectivity index (χ1) is 6.38. The molecule has 1 spiro atoms. The lowest BCUT2D eigenvalue weighted by Gasteiger charge is -2.46. The van der Waals surface area contributed by atoms with E-state index in [-0.39, 0.29) is 0 Å². The van der Waals surface area contributed by atoms with Crippen LogP contribution >= 0.6 is 0 Å². The van der Waals surface area contributed by atoms with Crippen LogP contribution in [0.3, 0.4) is 0 Å². The predicted octanol–water partition coefficient (Wildman–Crippen LogP) is 0.782. The molecule has 0 radical (unpaired) electrons. The van der Waals surface area contributed by atoms with Crippen molar-refractivity contribution in [3.05, 3.63) is 24.0 Å². The summed E-state index contributed by atoms with van der Waals surface area (Å²) in [7, 11) is 0. The van der Waals surface area contributed by atoms with Crippen LogP contribution < -0.4 is 10.6 Å². The number of aryl methyl sites for hydroxylation is 1. The van der Waals surface area contributed by atoms with Crippen LogP contribution in [0.15, 0.2) is 18.3 Å². The maximum Gasteiger partial charge on any atom is 0.0635 e. The molecule has 0 atom stereocenters. The van der Waals surface area contributed by atoms with Crippen molar-refractivity contribution >= 4 is 5.69 Å². The molecule has 3 heterocycles. The molecule has 0 bridgehead atoms. The Bertz CT molecular complexity index is 331. The van der Waals surface area contributed by atoms with E-state index in [1.54, 1.807) is 0 Å². The highest BCUT2D eigenvalue weighted by molar-refractivity contribution is 5.53. The molecule has 0 saturated carbocycles. The average Bonchev–Trinajstić information content (AvgIpc) is 2.15. The van der Waals surface area contributed by atoms with E-state index < -0.39 is 0 Å². The van der Waals surface area contributed by atoms with Gasteiger partial charge in [0.2, 0.25) is 0 Å². The Balaban J connectivity index is 1.94. The minimum absolute atomic E-state index is 0.343. The number of anilines is 1. The second kappa shape index (κ2) is 2.45. The smallest absolute Gasteiger partial charge is 0.0635 e. The third-order valence-corrected chi connectivity index (χ3v) is 3.06. The summed E-state index contributed by atoms with van der Waals surface area (Å²) < 4.78 is 0. The molecule has 3 nitrogen and oxygen atoms in total. The maximum atomic E-state index is 4.36. The SMILES string of the molecule is c1cnc2c(c1)NC1(CC2)CNC1. The monoisotopic (exact) mass is 175 g/mol.